The van der Waals surface area contributed by atoms with Gasteiger partial charge in [-0.25, -0.2) is 0 Å². The molecule has 0 aliphatic carbocycles. The maximum atomic E-state index is 11.9. The molecule has 0 aliphatic heterocycles. The van der Waals surface area contributed by atoms with Gasteiger partial charge in [0.1, 0.15) is 5.75 Å². The molecule has 0 radical (unpaired) electrons. The summed E-state index contributed by atoms with van der Waals surface area (Å²) in [4.78, 5) is 23.0. The van der Waals surface area contributed by atoms with Crippen molar-refractivity contribution < 1.29 is 14.3 Å². The molecular formula is C14H18ClNO3. The Kier molecular flexibility index (Phi) is 6.36. The van der Waals surface area contributed by atoms with Crippen LogP contribution < -0.4 is 10.1 Å². The Bertz CT molecular complexity index is 460. The van der Waals surface area contributed by atoms with Gasteiger partial charge in [-0.3, -0.25) is 9.59 Å². The Hall–Kier alpha value is -1.55. The topological polar surface area (TPSA) is 55.4 Å². The van der Waals surface area contributed by atoms with Gasteiger partial charge in [-0.1, -0.05) is 0 Å². The number of carbonyl (C=O) groups excluding carboxylic acids is 2. The number of hydrogen-bond donors (Lipinski definition) is 1. The maximum Gasteiger partial charge on any atom is 0.221 e. The number of amides is 1. The molecule has 104 valence electrons. The second-order valence-electron chi connectivity index (χ2n) is 4.04. The fraction of sp³-hybridized carbons (Fsp3) is 0.429. The Morgan fingerprint density at radius 2 is 2.11 bits per heavy atom. The number of benzene rings is 1. The van der Waals surface area contributed by atoms with Crippen molar-refractivity contribution in [1.82, 2.24) is 0 Å². The highest BCUT2D eigenvalue weighted by Crippen LogP contribution is 2.26. The molecule has 0 fully saturated rings. The van der Waals surface area contributed by atoms with Crippen molar-refractivity contribution in [2.75, 3.05) is 17.8 Å². The van der Waals surface area contributed by atoms with Crippen LogP contribution in [0, 0.1) is 0 Å². The molecule has 1 rings (SSSR count). The van der Waals surface area contributed by atoms with E-state index >= 15 is 0 Å². The summed E-state index contributed by atoms with van der Waals surface area (Å²) in [6.07, 6.45) is 1.06. The molecular weight excluding hydrogens is 266 g/mol. The van der Waals surface area contributed by atoms with Gasteiger partial charge in [0.15, 0.2) is 5.78 Å². The number of alkyl halides is 1. The minimum Gasteiger partial charge on any atom is -0.492 e. The third kappa shape index (κ3) is 4.91. The van der Waals surface area contributed by atoms with Gasteiger partial charge < -0.3 is 10.1 Å². The number of ether oxygens (including phenoxy) is 1. The number of Topliss-reactive ketones (excluding diaryl/α,β-unsaturated/α-hetero) is 1. The molecule has 1 N–H and O–H groups in total. The summed E-state index contributed by atoms with van der Waals surface area (Å²) in [7, 11) is 0. The van der Waals surface area contributed by atoms with Gasteiger partial charge in [0.25, 0.3) is 0 Å². The van der Waals surface area contributed by atoms with Crippen LogP contribution in [0.15, 0.2) is 18.2 Å². The molecule has 0 saturated carbocycles. The van der Waals surface area contributed by atoms with E-state index in [-0.39, 0.29) is 11.7 Å². The Morgan fingerprint density at radius 3 is 2.68 bits per heavy atom. The fourth-order valence-corrected chi connectivity index (χ4v) is 1.77. The molecule has 0 atom stereocenters. The second-order valence-corrected chi connectivity index (χ2v) is 4.42. The lowest BCUT2D eigenvalue weighted by atomic mass is 10.1. The zero-order valence-electron chi connectivity index (χ0n) is 11.2. The van der Waals surface area contributed by atoms with Crippen LogP contribution in [0.4, 0.5) is 5.69 Å². The zero-order valence-corrected chi connectivity index (χ0v) is 11.9. The van der Waals surface area contributed by atoms with E-state index < -0.39 is 0 Å². The van der Waals surface area contributed by atoms with Gasteiger partial charge in [0, 0.05) is 24.8 Å². The van der Waals surface area contributed by atoms with E-state index in [0.29, 0.717) is 42.3 Å². The van der Waals surface area contributed by atoms with E-state index in [1.807, 2.05) is 6.92 Å². The molecule has 0 bridgehead atoms. The lowest BCUT2D eigenvalue weighted by Gasteiger charge is -2.12. The molecule has 4 nitrogen and oxygen atoms in total. The molecule has 1 aromatic carbocycles. The lowest BCUT2D eigenvalue weighted by Crippen LogP contribution is -2.09. The van der Waals surface area contributed by atoms with Gasteiger partial charge in [0.2, 0.25) is 5.91 Å². The Balaban J connectivity index is 2.94. The van der Waals surface area contributed by atoms with Gasteiger partial charge in [-0.05, 0) is 31.5 Å². The second kappa shape index (κ2) is 7.79. The highest BCUT2D eigenvalue weighted by atomic mass is 35.5. The summed E-state index contributed by atoms with van der Waals surface area (Å²) < 4.78 is 5.44. The van der Waals surface area contributed by atoms with Crippen molar-refractivity contribution in [2.24, 2.45) is 0 Å². The molecule has 0 aromatic heterocycles. The van der Waals surface area contributed by atoms with E-state index in [2.05, 4.69) is 5.32 Å². The quantitative estimate of drug-likeness (QED) is 0.617. The zero-order chi connectivity index (χ0) is 14.3. The van der Waals surface area contributed by atoms with Crippen LogP contribution in [0.25, 0.3) is 0 Å². The first-order valence-electron chi connectivity index (χ1n) is 6.22. The molecule has 1 amide bonds. The smallest absolute Gasteiger partial charge is 0.221 e. The highest BCUT2D eigenvalue weighted by molar-refractivity contribution is 6.18. The summed E-state index contributed by atoms with van der Waals surface area (Å²) >= 11 is 5.57. The predicted octanol–water partition coefficient (Wildman–Crippen LogP) is 3.25. The Morgan fingerprint density at radius 1 is 1.37 bits per heavy atom. The van der Waals surface area contributed by atoms with Crippen LogP contribution in [0.2, 0.25) is 0 Å². The van der Waals surface area contributed by atoms with Crippen molar-refractivity contribution in [3.63, 3.8) is 0 Å². The monoisotopic (exact) mass is 283 g/mol. The van der Waals surface area contributed by atoms with E-state index in [1.165, 1.54) is 6.92 Å². The normalized spacial score (nSPS) is 10.1. The summed E-state index contributed by atoms with van der Waals surface area (Å²) in [6.45, 7) is 3.74. The predicted molar refractivity (Wildman–Crippen MR) is 76.2 cm³/mol. The summed E-state index contributed by atoms with van der Waals surface area (Å²) in [5.74, 6) is 0.821. The molecule has 0 unspecified atom stereocenters. The number of anilines is 1. The number of nitrogens with one attached hydrogen (secondary N) is 1. The minimum absolute atomic E-state index is 0.0241. The van der Waals surface area contributed by atoms with Crippen LogP contribution in [0.5, 0.6) is 5.75 Å². The summed E-state index contributed by atoms with van der Waals surface area (Å²) in [5, 5.41) is 2.67. The number of ketones is 1. The van der Waals surface area contributed by atoms with E-state index in [4.69, 9.17) is 16.3 Å². The largest absolute Gasteiger partial charge is 0.492 e. The minimum atomic E-state index is -0.179. The molecule has 0 spiro atoms. The highest BCUT2D eigenvalue weighted by Gasteiger charge is 2.11. The standard InChI is InChI=1S/C14H18ClNO3/c1-3-19-14-9-11(13(18)5-4-8-15)6-7-12(14)16-10(2)17/h6-7,9H,3-5,8H2,1-2H3,(H,16,17). The molecule has 0 saturated heterocycles. The Labute approximate surface area is 118 Å². The number of carbonyl (C=O) groups is 2. The molecule has 1 aromatic rings. The fourth-order valence-electron chi connectivity index (χ4n) is 1.64. The molecule has 19 heavy (non-hydrogen) atoms. The average molecular weight is 284 g/mol. The molecule has 0 aliphatic rings. The van der Waals surface area contributed by atoms with E-state index in [0.717, 1.165) is 0 Å². The van der Waals surface area contributed by atoms with Crippen molar-refractivity contribution in [3.05, 3.63) is 23.8 Å². The number of halogens is 1. The van der Waals surface area contributed by atoms with Gasteiger partial charge in [-0.2, -0.15) is 0 Å². The third-order valence-corrected chi connectivity index (χ3v) is 2.72. The SMILES string of the molecule is CCOc1cc(C(=O)CCCCl)ccc1NC(C)=O. The van der Waals surface area contributed by atoms with Crippen LogP contribution in [-0.4, -0.2) is 24.2 Å². The lowest BCUT2D eigenvalue weighted by molar-refractivity contribution is -0.114. The number of rotatable bonds is 7. The summed E-state index contributed by atoms with van der Waals surface area (Å²) in [5.41, 5.74) is 1.14. The van der Waals surface area contributed by atoms with Crippen molar-refractivity contribution in [1.29, 1.82) is 0 Å². The van der Waals surface area contributed by atoms with Gasteiger partial charge in [-0.15, -0.1) is 11.6 Å². The van der Waals surface area contributed by atoms with Crippen molar-refractivity contribution in [2.45, 2.75) is 26.7 Å². The van der Waals surface area contributed by atoms with E-state index in [9.17, 15) is 9.59 Å². The van der Waals surface area contributed by atoms with Crippen molar-refractivity contribution in [3.8, 4) is 5.75 Å². The molecule has 5 heteroatoms. The van der Waals surface area contributed by atoms with Crippen LogP contribution >= 0.6 is 11.6 Å². The average Bonchev–Trinajstić information content (AvgIpc) is 2.37. The maximum absolute atomic E-state index is 11.9. The number of hydrogen-bond acceptors (Lipinski definition) is 3. The van der Waals surface area contributed by atoms with Crippen LogP contribution in [0.3, 0.4) is 0 Å². The first-order chi connectivity index (χ1) is 9.08. The van der Waals surface area contributed by atoms with Gasteiger partial charge >= 0.3 is 0 Å². The van der Waals surface area contributed by atoms with E-state index in [1.54, 1.807) is 18.2 Å². The summed E-state index contributed by atoms with van der Waals surface area (Å²) in [6, 6.07) is 5.02. The first kappa shape index (κ1) is 15.5. The van der Waals surface area contributed by atoms with Crippen molar-refractivity contribution >= 4 is 29.0 Å². The van der Waals surface area contributed by atoms with Crippen LogP contribution in [0.1, 0.15) is 37.0 Å². The van der Waals surface area contributed by atoms with Crippen LogP contribution in [-0.2, 0) is 4.79 Å². The third-order valence-electron chi connectivity index (χ3n) is 2.45. The van der Waals surface area contributed by atoms with Gasteiger partial charge in [0.05, 0.1) is 12.3 Å². The first-order valence-corrected chi connectivity index (χ1v) is 6.75. The molecule has 0 heterocycles.